The molecule has 2 unspecified atom stereocenters. The van der Waals surface area contributed by atoms with E-state index in [-0.39, 0.29) is 0 Å². The van der Waals surface area contributed by atoms with E-state index in [1.54, 1.807) is 0 Å². The first-order valence-electron chi connectivity index (χ1n) is 6.60. The number of aromatic amines is 1. The van der Waals surface area contributed by atoms with E-state index in [0.29, 0.717) is 12.1 Å². The van der Waals surface area contributed by atoms with E-state index >= 15 is 0 Å². The summed E-state index contributed by atoms with van der Waals surface area (Å²) in [7, 11) is 0. The van der Waals surface area contributed by atoms with Crippen LogP contribution in [0.25, 0.3) is 0 Å². The van der Waals surface area contributed by atoms with E-state index in [4.69, 9.17) is 4.74 Å². The molecule has 2 saturated heterocycles. The van der Waals surface area contributed by atoms with Gasteiger partial charge in [-0.1, -0.05) is 0 Å². The second-order valence-corrected chi connectivity index (χ2v) is 5.10. The molecule has 0 bridgehead atoms. The molecular formula is C13H21N3O. The van der Waals surface area contributed by atoms with Gasteiger partial charge >= 0.3 is 0 Å². The van der Waals surface area contributed by atoms with Crippen molar-refractivity contribution in [3.05, 3.63) is 24.0 Å². The van der Waals surface area contributed by atoms with Gasteiger partial charge in [0.15, 0.2) is 0 Å². The van der Waals surface area contributed by atoms with Crippen molar-refractivity contribution in [2.24, 2.45) is 0 Å². The summed E-state index contributed by atoms with van der Waals surface area (Å²) in [6, 6.07) is 2.81. The SMILES string of the molecule is c1cc(CNCC2CN3CCCC3CO2)c[nH]1. The molecule has 0 spiro atoms. The van der Waals surface area contributed by atoms with Crippen LogP contribution in [0.2, 0.25) is 0 Å². The first kappa shape index (κ1) is 11.3. The normalized spacial score (nSPS) is 29.4. The summed E-state index contributed by atoms with van der Waals surface area (Å²) < 4.78 is 5.90. The highest BCUT2D eigenvalue weighted by atomic mass is 16.5. The Morgan fingerprint density at radius 2 is 2.53 bits per heavy atom. The van der Waals surface area contributed by atoms with Crippen LogP contribution >= 0.6 is 0 Å². The number of aromatic nitrogens is 1. The molecule has 0 saturated carbocycles. The number of hydrogen-bond donors (Lipinski definition) is 2. The van der Waals surface area contributed by atoms with Crippen molar-refractivity contribution in [3.63, 3.8) is 0 Å². The maximum atomic E-state index is 5.90. The summed E-state index contributed by atoms with van der Waals surface area (Å²) in [4.78, 5) is 5.66. The maximum absolute atomic E-state index is 5.90. The average molecular weight is 235 g/mol. The fourth-order valence-electron chi connectivity index (χ4n) is 2.86. The van der Waals surface area contributed by atoms with Gasteiger partial charge in [0, 0.05) is 38.1 Å². The molecule has 0 amide bonds. The Balaban J connectivity index is 1.40. The minimum Gasteiger partial charge on any atom is -0.374 e. The molecule has 3 heterocycles. The topological polar surface area (TPSA) is 40.3 Å². The van der Waals surface area contributed by atoms with Crippen molar-refractivity contribution in [2.75, 3.05) is 26.2 Å². The van der Waals surface area contributed by atoms with E-state index < -0.39 is 0 Å². The minimum atomic E-state index is 0.364. The Morgan fingerprint density at radius 1 is 1.53 bits per heavy atom. The minimum absolute atomic E-state index is 0.364. The lowest BCUT2D eigenvalue weighted by molar-refractivity contribution is -0.0470. The molecule has 3 rings (SSSR count). The lowest BCUT2D eigenvalue weighted by Gasteiger charge is -2.35. The van der Waals surface area contributed by atoms with E-state index in [2.05, 4.69) is 21.3 Å². The number of hydrogen-bond acceptors (Lipinski definition) is 3. The largest absolute Gasteiger partial charge is 0.374 e. The first-order valence-corrected chi connectivity index (χ1v) is 6.60. The Hall–Kier alpha value is -0.840. The van der Waals surface area contributed by atoms with Gasteiger partial charge in [-0.05, 0) is 31.0 Å². The number of morpholine rings is 1. The van der Waals surface area contributed by atoms with E-state index in [1.165, 1.54) is 24.9 Å². The Kier molecular flexibility index (Phi) is 3.45. The van der Waals surface area contributed by atoms with Gasteiger partial charge in [-0.3, -0.25) is 4.90 Å². The maximum Gasteiger partial charge on any atom is 0.0827 e. The molecule has 94 valence electrons. The zero-order chi connectivity index (χ0) is 11.5. The molecule has 4 heteroatoms. The van der Waals surface area contributed by atoms with Crippen molar-refractivity contribution in [2.45, 2.75) is 31.5 Å². The van der Waals surface area contributed by atoms with E-state index in [1.807, 2.05) is 12.4 Å². The van der Waals surface area contributed by atoms with Crippen LogP contribution in [0, 0.1) is 0 Å². The van der Waals surface area contributed by atoms with Crippen LogP contribution in [0.15, 0.2) is 18.5 Å². The van der Waals surface area contributed by atoms with Gasteiger partial charge in [-0.25, -0.2) is 0 Å². The van der Waals surface area contributed by atoms with Crippen LogP contribution in [0.1, 0.15) is 18.4 Å². The highest BCUT2D eigenvalue weighted by Crippen LogP contribution is 2.22. The molecule has 2 fully saturated rings. The zero-order valence-electron chi connectivity index (χ0n) is 10.2. The standard InChI is InChI=1S/C13H21N3O/c1-2-12-10-17-13(9-16(12)5-1)8-15-7-11-3-4-14-6-11/h3-4,6,12-15H,1-2,5,7-10H2. The van der Waals surface area contributed by atoms with Crippen LogP contribution in [-0.4, -0.2) is 48.3 Å². The van der Waals surface area contributed by atoms with Gasteiger partial charge in [-0.2, -0.15) is 0 Å². The van der Waals surface area contributed by atoms with Gasteiger partial charge < -0.3 is 15.0 Å². The quantitative estimate of drug-likeness (QED) is 0.817. The molecular weight excluding hydrogens is 214 g/mol. The summed E-state index contributed by atoms with van der Waals surface area (Å²) in [6.45, 7) is 5.17. The summed E-state index contributed by atoms with van der Waals surface area (Å²) in [6.07, 6.45) is 7.03. The number of fused-ring (bicyclic) bond motifs is 1. The second-order valence-electron chi connectivity index (χ2n) is 5.10. The summed E-state index contributed by atoms with van der Waals surface area (Å²) in [5.41, 5.74) is 1.31. The van der Waals surface area contributed by atoms with Gasteiger partial charge in [0.25, 0.3) is 0 Å². The van der Waals surface area contributed by atoms with Crippen molar-refractivity contribution in [3.8, 4) is 0 Å². The third kappa shape index (κ3) is 2.70. The Bertz CT molecular complexity index is 338. The van der Waals surface area contributed by atoms with Crippen LogP contribution in [0.5, 0.6) is 0 Å². The Morgan fingerprint density at radius 3 is 3.41 bits per heavy atom. The highest BCUT2D eigenvalue weighted by Gasteiger charge is 2.31. The van der Waals surface area contributed by atoms with Crippen LogP contribution in [0.3, 0.4) is 0 Å². The molecule has 0 aliphatic carbocycles. The van der Waals surface area contributed by atoms with Crippen molar-refractivity contribution >= 4 is 0 Å². The third-order valence-electron chi connectivity index (χ3n) is 3.83. The summed E-state index contributed by atoms with van der Waals surface area (Å²) >= 11 is 0. The molecule has 4 nitrogen and oxygen atoms in total. The van der Waals surface area contributed by atoms with Crippen LogP contribution in [-0.2, 0) is 11.3 Å². The van der Waals surface area contributed by atoms with E-state index in [0.717, 1.165) is 26.2 Å². The molecule has 0 radical (unpaired) electrons. The van der Waals surface area contributed by atoms with Gasteiger partial charge in [0.05, 0.1) is 12.7 Å². The predicted octanol–water partition coefficient (Wildman–Crippen LogP) is 0.967. The lowest BCUT2D eigenvalue weighted by Crippen LogP contribution is -2.49. The van der Waals surface area contributed by atoms with Crippen molar-refractivity contribution in [1.82, 2.24) is 15.2 Å². The molecule has 17 heavy (non-hydrogen) atoms. The smallest absolute Gasteiger partial charge is 0.0827 e. The second kappa shape index (κ2) is 5.21. The molecule has 1 aromatic heterocycles. The molecule has 2 aliphatic rings. The monoisotopic (exact) mass is 235 g/mol. The van der Waals surface area contributed by atoms with E-state index in [9.17, 15) is 0 Å². The number of H-pyrrole nitrogens is 1. The molecule has 2 aliphatic heterocycles. The fraction of sp³-hybridized carbons (Fsp3) is 0.692. The predicted molar refractivity (Wildman–Crippen MR) is 66.8 cm³/mol. The number of nitrogens with one attached hydrogen (secondary N) is 2. The molecule has 2 atom stereocenters. The molecule has 2 N–H and O–H groups in total. The van der Waals surface area contributed by atoms with Gasteiger partial charge in [-0.15, -0.1) is 0 Å². The summed E-state index contributed by atoms with van der Waals surface area (Å²) in [5, 5.41) is 3.47. The van der Waals surface area contributed by atoms with Crippen molar-refractivity contribution < 1.29 is 4.74 Å². The van der Waals surface area contributed by atoms with Crippen molar-refractivity contribution in [1.29, 1.82) is 0 Å². The van der Waals surface area contributed by atoms with Gasteiger partial charge in [0.1, 0.15) is 0 Å². The number of rotatable bonds is 4. The zero-order valence-corrected chi connectivity index (χ0v) is 10.2. The highest BCUT2D eigenvalue weighted by molar-refractivity contribution is 5.07. The first-order chi connectivity index (χ1) is 8.42. The molecule has 0 aromatic carbocycles. The average Bonchev–Trinajstić information content (AvgIpc) is 2.98. The lowest BCUT2D eigenvalue weighted by atomic mass is 10.2. The van der Waals surface area contributed by atoms with Gasteiger partial charge in [0.2, 0.25) is 0 Å². The number of ether oxygens (including phenoxy) is 1. The van der Waals surface area contributed by atoms with Crippen LogP contribution < -0.4 is 5.32 Å². The summed E-state index contributed by atoms with van der Waals surface area (Å²) in [5.74, 6) is 0. The number of nitrogens with zero attached hydrogens (tertiary/aromatic N) is 1. The molecule has 1 aromatic rings. The van der Waals surface area contributed by atoms with Crippen LogP contribution in [0.4, 0.5) is 0 Å². The fourth-order valence-corrected chi connectivity index (χ4v) is 2.86. The Labute approximate surface area is 102 Å². The third-order valence-corrected chi connectivity index (χ3v) is 3.83.